The molecule has 1 atom stereocenters. The zero-order valence-corrected chi connectivity index (χ0v) is 22.1. The second-order valence-electron chi connectivity index (χ2n) is 10.1. The summed E-state index contributed by atoms with van der Waals surface area (Å²) in [5.41, 5.74) is 1.49. The number of nitrogens with zero attached hydrogens (tertiary/aromatic N) is 6. The maximum absolute atomic E-state index is 13.2. The van der Waals surface area contributed by atoms with Crippen LogP contribution in [0.3, 0.4) is 0 Å². The van der Waals surface area contributed by atoms with Crippen LogP contribution in [0.25, 0.3) is 10.9 Å². The van der Waals surface area contributed by atoms with Gasteiger partial charge >= 0.3 is 0 Å². The Balaban J connectivity index is 1.45. The topological polar surface area (TPSA) is 101 Å². The summed E-state index contributed by atoms with van der Waals surface area (Å²) in [6.07, 6.45) is 5.54. The summed E-state index contributed by atoms with van der Waals surface area (Å²) in [5, 5.41) is 14.0. The lowest BCUT2D eigenvalue weighted by Crippen LogP contribution is -2.43. The predicted molar refractivity (Wildman–Crippen MR) is 142 cm³/mol. The highest BCUT2D eigenvalue weighted by Crippen LogP contribution is 2.33. The Morgan fingerprint density at radius 3 is 2.76 bits per heavy atom. The third kappa shape index (κ3) is 6.02. The summed E-state index contributed by atoms with van der Waals surface area (Å²) < 4.78 is 13.3. The van der Waals surface area contributed by atoms with Gasteiger partial charge in [-0.25, -0.2) is 4.68 Å². The molecule has 3 aromatic rings. The van der Waals surface area contributed by atoms with E-state index in [1.54, 1.807) is 0 Å². The van der Waals surface area contributed by atoms with E-state index >= 15 is 0 Å². The molecule has 0 bridgehead atoms. The Bertz CT molecular complexity index is 1210. The minimum Gasteiger partial charge on any atom is -0.494 e. The molecule has 5 rings (SSSR count). The van der Waals surface area contributed by atoms with E-state index < -0.39 is 0 Å². The SMILES string of the molecule is CCOc1ccc2[nH]c(=O)c(CN(CCN3CCOCC3)C(CC)c3nnnn3C3CCCC3)cc2c1. The highest BCUT2D eigenvalue weighted by atomic mass is 16.5. The molecule has 1 unspecified atom stereocenters. The molecule has 1 aliphatic carbocycles. The number of hydrogen-bond acceptors (Lipinski definition) is 8. The van der Waals surface area contributed by atoms with Crippen molar-refractivity contribution in [1.82, 2.24) is 35.0 Å². The molecule has 3 heterocycles. The number of rotatable bonds is 11. The summed E-state index contributed by atoms with van der Waals surface area (Å²) in [4.78, 5) is 21.1. The summed E-state index contributed by atoms with van der Waals surface area (Å²) in [7, 11) is 0. The van der Waals surface area contributed by atoms with Crippen LogP contribution >= 0.6 is 0 Å². The third-order valence-corrected chi connectivity index (χ3v) is 7.70. The molecular formula is C27H39N7O3. The first-order valence-electron chi connectivity index (χ1n) is 13.8. The largest absolute Gasteiger partial charge is 0.494 e. The van der Waals surface area contributed by atoms with Crippen molar-refractivity contribution in [3.63, 3.8) is 0 Å². The molecule has 1 N–H and O–H groups in total. The lowest BCUT2D eigenvalue weighted by atomic mass is 10.1. The van der Waals surface area contributed by atoms with Crippen LogP contribution in [0.5, 0.6) is 5.75 Å². The van der Waals surface area contributed by atoms with Crippen LogP contribution in [0.1, 0.15) is 69.4 Å². The average Bonchev–Trinajstić information content (AvgIpc) is 3.61. The molecule has 1 aromatic carbocycles. The fourth-order valence-electron chi connectivity index (χ4n) is 5.70. The number of ether oxygens (including phenoxy) is 2. The molecule has 10 nitrogen and oxygen atoms in total. The zero-order valence-electron chi connectivity index (χ0n) is 22.1. The van der Waals surface area contributed by atoms with Gasteiger partial charge in [0.25, 0.3) is 5.56 Å². The molecule has 2 aliphatic rings. The normalized spacial score (nSPS) is 18.1. The highest BCUT2D eigenvalue weighted by molar-refractivity contribution is 5.80. The second kappa shape index (κ2) is 12.1. The van der Waals surface area contributed by atoms with Crippen LogP contribution in [0.2, 0.25) is 0 Å². The van der Waals surface area contributed by atoms with E-state index in [0.29, 0.717) is 19.2 Å². The fraction of sp³-hybridized carbons (Fsp3) is 0.630. The summed E-state index contributed by atoms with van der Waals surface area (Å²) in [5.74, 6) is 1.71. The number of hydrogen-bond donors (Lipinski definition) is 1. The molecule has 1 saturated carbocycles. The van der Waals surface area contributed by atoms with Gasteiger partial charge in [-0.1, -0.05) is 19.8 Å². The van der Waals surface area contributed by atoms with Crippen LogP contribution in [0.15, 0.2) is 29.1 Å². The van der Waals surface area contributed by atoms with Gasteiger partial charge in [-0.2, -0.15) is 0 Å². The van der Waals surface area contributed by atoms with Crippen molar-refractivity contribution < 1.29 is 9.47 Å². The van der Waals surface area contributed by atoms with Gasteiger partial charge in [-0.3, -0.25) is 14.6 Å². The van der Waals surface area contributed by atoms with Crippen molar-refractivity contribution in [2.75, 3.05) is 46.0 Å². The monoisotopic (exact) mass is 509 g/mol. The number of nitrogens with one attached hydrogen (secondary N) is 1. The molecule has 0 spiro atoms. The Hall–Kier alpha value is -2.82. The van der Waals surface area contributed by atoms with Crippen molar-refractivity contribution in [3.8, 4) is 5.75 Å². The first kappa shape index (κ1) is 25.8. The molecule has 200 valence electrons. The predicted octanol–water partition coefficient (Wildman–Crippen LogP) is 3.31. The van der Waals surface area contributed by atoms with Crippen molar-refractivity contribution in [2.45, 2.75) is 64.6 Å². The van der Waals surface area contributed by atoms with E-state index in [2.05, 4.69) is 41.9 Å². The van der Waals surface area contributed by atoms with Crippen LogP contribution < -0.4 is 10.3 Å². The summed E-state index contributed by atoms with van der Waals surface area (Å²) in [6, 6.07) is 8.18. The van der Waals surface area contributed by atoms with Gasteiger partial charge in [0.2, 0.25) is 0 Å². The van der Waals surface area contributed by atoms with Gasteiger partial charge in [-0.05, 0) is 60.9 Å². The number of aromatic amines is 1. The number of aromatic nitrogens is 5. The third-order valence-electron chi connectivity index (χ3n) is 7.70. The highest BCUT2D eigenvalue weighted by Gasteiger charge is 2.30. The number of pyridine rings is 1. The number of morpholine rings is 1. The Morgan fingerprint density at radius 1 is 1.19 bits per heavy atom. The number of benzene rings is 1. The Morgan fingerprint density at radius 2 is 2.00 bits per heavy atom. The number of H-pyrrole nitrogens is 1. The Kier molecular flexibility index (Phi) is 8.48. The minimum atomic E-state index is -0.0572. The van der Waals surface area contributed by atoms with Crippen LogP contribution in [0.4, 0.5) is 0 Å². The maximum Gasteiger partial charge on any atom is 0.252 e. The van der Waals surface area contributed by atoms with Crippen LogP contribution in [-0.4, -0.2) is 81.0 Å². The van der Waals surface area contributed by atoms with E-state index in [1.807, 2.05) is 31.2 Å². The van der Waals surface area contributed by atoms with Gasteiger partial charge < -0.3 is 14.5 Å². The van der Waals surface area contributed by atoms with Crippen LogP contribution in [0, 0.1) is 0 Å². The van der Waals surface area contributed by atoms with E-state index in [9.17, 15) is 4.79 Å². The first-order valence-corrected chi connectivity index (χ1v) is 13.8. The molecule has 1 aliphatic heterocycles. The average molecular weight is 510 g/mol. The smallest absolute Gasteiger partial charge is 0.252 e. The maximum atomic E-state index is 13.2. The molecule has 1 saturated heterocycles. The van der Waals surface area contributed by atoms with Gasteiger partial charge in [-0.15, -0.1) is 5.10 Å². The fourth-order valence-corrected chi connectivity index (χ4v) is 5.70. The van der Waals surface area contributed by atoms with Gasteiger partial charge in [0.05, 0.1) is 31.9 Å². The molecule has 2 fully saturated rings. The van der Waals surface area contributed by atoms with Crippen molar-refractivity contribution in [2.24, 2.45) is 0 Å². The standard InChI is InChI=1S/C27H39N7O3/c1-3-25(26-29-30-31-34(26)22-7-5-6-8-22)33(12-11-32-13-15-36-16-14-32)19-21-17-20-18-23(37-4-2)9-10-24(20)28-27(21)35/h9-10,17-18,22,25H,3-8,11-16,19H2,1-2H3,(H,28,35). The number of fused-ring (bicyclic) bond motifs is 1. The molecule has 0 radical (unpaired) electrons. The molecule has 10 heteroatoms. The van der Waals surface area contributed by atoms with E-state index in [-0.39, 0.29) is 11.6 Å². The van der Waals surface area contributed by atoms with Crippen LogP contribution in [-0.2, 0) is 11.3 Å². The van der Waals surface area contributed by atoms with Gasteiger partial charge in [0, 0.05) is 49.2 Å². The summed E-state index contributed by atoms with van der Waals surface area (Å²) >= 11 is 0. The van der Waals surface area contributed by atoms with E-state index in [4.69, 9.17) is 9.47 Å². The zero-order chi connectivity index (χ0) is 25.6. The van der Waals surface area contributed by atoms with E-state index in [0.717, 1.165) is 86.7 Å². The van der Waals surface area contributed by atoms with Crippen molar-refractivity contribution >= 4 is 10.9 Å². The second-order valence-corrected chi connectivity index (χ2v) is 10.1. The quantitative estimate of drug-likeness (QED) is 0.420. The lowest BCUT2D eigenvalue weighted by molar-refractivity contribution is 0.0291. The summed E-state index contributed by atoms with van der Waals surface area (Å²) in [6.45, 7) is 10.4. The molecule has 37 heavy (non-hydrogen) atoms. The first-order chi connectivity index (χ1) is 18.2. The Labute approximate surface area is 217 Å². The van der Waals surface area contributed by atoms with Crippen molar-refractivity contribution in [1.29, 1.82) is 0 Å². The lowest BCUT2D eigenvalue weighted by Gasteiger charge is -2.34. The molecule has 0 amide bonds. The minimum absolute atomic E-state index is 0.0153. The number of tetrazole rings is 1. The molecular weight excluding hydrogens is 470 g/mol. The van der Waals surface area contributed by atoms with Crippen molar-refractivity contribution in [3.05, 3.63) is 46.0 Å². The van der Waals surface area contributed by atoms with Gasteiger partial charge in [0.15, 0.2) is 5.82 Å². The van der Waals surface area contributed by atoms with Gasteiger partial charge in [0.1, 0.15) is 5.75 Å². The van der Waals surface area contributed by atoms with E-state index in [1.165, 1.54) is 12.8 Å². The molecule has 2 aromatic heterocycles.